The van der Waals surface area contributed by atoms with Crippen molar-refractivity contribution < 1.29 is 13.9 Å². The van der Waals surface area contributed by atoms with Crippen LogP contribution in [-0.2, 0) is 6.54 Å². The van der Waals surface area contributed by atoms with Gasteiger partial charge in [-0.05, 0) is 79.4 Å². The number of carbonyl (C=O) groups excluding carboxylic acids is 1. The average Bonchev–Trinajstić information content (AvgIpc) is 3.21. The molecule has 1 unspecified atom stereocenters. The van der Waals surface area contributed by atoms with Crippen LogP contribution in [0.15, 0.2) is 87.8 Å². The van der Waals surface area contributed by atoms with Gasteiger partial charge in [0.05, 0.1) is 12.1 Å². The molecule has 1 aliphatic rings. The van der Waals surface area contributed by atoms with Crippen molar-refractivity contribution >= 4 is 32.9 Å². The summed E-state index contributed by atoms with van der Waals surface area (Å²) < 4.78 is 12.7. The molecule has 2 heterocycles. The molecule has 5 rings (SSSR count). The van der Waals surface area contributed by atoms with Crippen LogP contribution in [0.2, 0.25) is 0 Å². The first kappa shape index (κ1) is 21.0. The number of furan rings is 1. The summed E-state index contributed by atoms with van der Waals surface area (Å²) in [4.78, 5) is 14.9. The third kappa shape index (κ3) is 4.79. The van der Waals surface area contributed by atoms with Gasteiger partial charge in [0.1, 0.15) is 17.1 Å². The van der Waals surface area contributed by atoms with Crippen LogP contribution >= 0.6 is 15.9 Å². The molecular weight excluding hydrogens is 466 g/mol. The minimum atomic E-state index is -0.329. The number of hydrogen-bond donors (Lipinski definition) is 0. The summed E-state index contributed by atoms with van der Waals surface area (Å²) in [6.45, 7) is 2.81. The molecule has 1 atom stereocenters. The highest BCUT2D eigenvalue weighted by molar-refractivity contribution is 9.10. The second-order valence-electron chi connectivity index (χ2n) is 8.30. The lowest BCUT2D eigenvalue weighted by molar-refractivity contribution is 0.0734. The minimum absolute atomic E-state index is 0.329. The topological polar surface area (TPSA) is 42.7 Å². The Balaban J connectivity index is 1.26. The van der Waals surface area contributed by atoms with Crippen molar-refractivity contribution in [2.45, 2.75) is 25.3 Å². The zero-order valence-corrected chi connectivity index (χ0v) is 19.3. The molecule has 0 spiro atoms. The number of fused-ring (bicyclic) bond motifs is 1. The summed E-state index contributed by atoms with van der Waals surface area (Å²) >= 11 is 3.52. The van der Waals surface area contributed by atoms with Crippen LogP contribution in [-0.4, -0.2) is 24.0 Å². The highest BCUT2D eigenvalue weighted by atomic mass is 79.9. The minimum Gasteiger partial charge on any atom is -0.460 e. The maximum absolute atomic E-state index is 12.4. The first-order valence-corrected chi connectivity index (χ1v) is 11.7. The van der Waals surface area contributed by atoms with Gasteiger partial charge in [-0.1, -0.05) is 46.3 Å². The van der Waals surface area contributed by atoms with E-state index in [9.17, 15) is 4.79 Å². The Bertz CT molecular complexity index is 1230. The molecule has 4 aromatic rings. The number of hydrogen-bond acceptors (Lipinski definition) is 4. The molecule has 4 nitrogen and oxygen atoms in total. The molecule has 0 saturated carbocycles. The highest BCUT2D eigenvalue weighted by Crippen LogP contribution is 2.31. The molecule has 5 heteroatoms. The summed E-state index contributed by atoms with van der Waals surface area (Å²) in [7, 11) is 0. The van der Waals surface area contributed by atoms with E-state index in [1.807, 2.05) is 48.5 Å². The second-order valence-corrected chi connectivity index (χ2v) is 9.21. The smallest absolute Gasteiger partial charge is 0.343 e. The quantitative estimate of drug-likeness (QED) is 0.228. The lowest BCUT2D eigenvalue weighted by atomic mass is 9.90. The number of ether oxygens (including phenoxy) is 1. The molecule has 0 radical (unpaired) electrons. The Labute approximate surface area is 195 Å². The van der Waals surface area contributed by atoms with Crippen molar-refractivity contribution in [3.63, 3.8) is 0 Å². The molecule has 1 saturated heterocycles. The van der Waals surface area contributed by atoms with E-state index < -0.39 is 0 Å². The van der Waals surface area contributed by atoms with Crippen LogP contribution in [0.3, 0.4) is 0 Å². The number of nitrogens with zero attached hydrogens (tertiary/aromatic N) is 1. The van der Waals surface area contributed by atoms with Gasteiger partial charge in [-0.3, -0.25) is 4.90 Å². The van der Waals surface area contributed by atoms with Crippen LogP contribution in [0.5, 0.6) is 5.75 Å². The molecule has 0 amide bonds. The largest absolute Gasteiger partial charge is 0.460 e. The van der Waals surface area contributed by atoms with Crippen LogP contribution in [0.25, 0.3) is 11.0 Å². The Kier molecular flexibility index (Phi) is 6.10. The van der Waals surface area contributed by atoms with Gasteiger partial charge >= 0.3 is 5.97 Å². The van der Waals surface area contributed by atoms with Gasteiger partial charge in [0.2, 0.25) is 0 Å². The second kappa shape index (κ2) is 9.31. The van der Waals surface area contributed by atoms with E-state index in [4.69, 9.17) is 9.15 Å². The van der Waals surface area contributed by atoms with Crippen molar-refractivity contribution in [3.05, 3.63) is 100 Å². The Morgan fingerprint density at radius 2 is 1.91 bits per heavy atom. The molecular formula is C27H24BrNO3. The number of halogens is 1. The van der Waals surface area contributed by atoms with Gasteiger partial charge in [-0.2, -0.15) is 0 Å². The number of likely N-dealkylation sites (tertiary alicyclic amines) is 1. The van der Waals surface area contributed by atoms with Gasteiger partial charge in [-0.15, -0.1) is 0 Å². The van der Waals surface area contributed by atoms with Crippen molar-refractivity contribution in [1.82, 2.24) is 4.90 Å². The molecule has 1 fully saturated rings. The fraction of sp³-hybridized carbons (Fsp3) is 0.222. The molecule has 1 aromatic heterocycles. The SMILES string of the molecule is O=C(Oc1cccc(C2CCCN(Cc3cc4cc(Br)ccc4o3)C2)c1)c1ccccc1. The predicted octanol–water partition coefficient (Wildman–Crippen LogP) is 6.79. The monoisotopic (exact) mass is 489 g/mol. The normalized spacial score (nSPS) is 16.8. The van der Waals surface area contributed by atoms with Crippen molar-refractivity contribution in [3.8, 4) is 5.75 Å². The van der Waals surface area contributed by atoms with Crippen molar-refractivity contribution in [2.75, 3.05) is 13.1 Å². The molecule has 0 aliphatic carbocycles. The maximum Gasteiger partial charge on any atom is 0.343 e. The number of benzene rings is 3. The number of carbonyl (C=O) groups is 1. The van der Waals surface area contributed by atoms with Crippen LogP contribution in [0.4, 0.5) is 0 Å². The predicted molar refractivity (Wildman–Crippen MR) is 129 cm³/mol. The fourth-order valence-corrected chi connectivity index (χ4v) is 4.79. The van der Waals surface area contributed by atoms with Gasteiger partial charge in [0, 0.05) is 16.4 Å². The Morgan fingerprint density at radius 3 is 2.78 bits per heavy atom. The molecule has 162 valence electrons. The van der Waals surface area contributed by atoms with E-state index >= 15 is 0 Å². The lowest BCUT2D eigenvalue weighted by Gasteiger charge is -2.32. The summed E-state index contributed by atoms with van der Waals surface area (Å²) in [6.07, 6.45) is 2.25. The molecule has 1 aliphatic heterocycles. The molecule has 32 heavy (non-hydrogen) atoms. The summed E-state index contributed by atoms with van der Waals surface area (Å²) in [5, 5.41) is 1.12. The molecule has 3 aromatic carbocycles. The Morgan fingerprint density at radius 1 is 1.03 bits per heavy atom. The van der Waals surface area contributed by atoms with Gasteiger partial charge in [0.15, 0.2) is 0 Å². The summed E-state index contributed by atoms with van der Waals surface area (Å²) in [5.41, 5.74) is 2.69. The molecule has 0 bridgehead atoms. The summed E-state index contributed by atoms with van der Waals surface area (Å²) in [6, 6.07) is 25.3. The van der Waals surface area contributed by atoms with E-state index in [0.717, 1.165) is 53.7 Å². The number of rotatable bonds is 5. The fourth-order valence-electron chi connectivity index (χ4n) is 4.41. The van der Waals surface area contributed by atoms with Crippen LogP contribution in [0.1, 0.15) is 40.4 Å². The average molecular weight is 490 g/mol. The number of esters is 1. The third-order valence-corrected chi connectivity index (χ3v) is 6.46. The zero-order chi connectivity index (χ0) is 21.9. The first-order valence-electron chi connectivity index (χ1n) is 10.9. The van der Waals surface area contributed by atoms with Gasteiger partial charge in [0.25, 0.3) is 0 Å². The van der Waals surface area contributed by atoms with E-state index in [-0.39, 0.29) is 5.97 Å². The lowest BCUT2D eigenvalue weighted by Crippen LogP contribution is -2.33. The summed E-state index contributed by atoms with van der Waals surface area (Å²) in [5.74, 6) is 1.66. The van der Waals surface area contributed by atoms with Gasteiger partial charge < -0.3 is 9.15 Å². The highest BCUT2D eigenvalue weighted by Gasteiger charge is 2.23. The maximum atomic E-state index is 12.4. The van der Waals surface area contributed by atoms with Gasteiger partial charge in [-0.25, -0.2) is 4.79 Å². The zero-order valence-electron chi connectivity index (χ0n) is 17.7. The van der Waals surface area contributed by atoms with E-state index in [2.05, 4.69) is 39.0 Å². The van der Waals surface area contributed by atoms with Crippen molar-refractivity contribution in [1.29, 1.82) is 0 Å². The number of piperidine rings is 1. The van der Waals surface area contributed by atoms with E-state index in [1.54, 1.807) is 12.1 Å². The first-order chi connectivity index (χ1) is 15.6. The van der Waals surface area contributed by atoms with Crippen molar-refractivity contribution in [2.24, 2.45) is 0 Å². The third-order valence-electron chi connectivity index (χ3n) is 5.96. The standard InChI is InChI=1S/C27H24BrNO3/c28-23-11-12-26-22(14-23)16-25(31-26)18-29-13-5-9-21(17-29)20-8-4-10-24(15-20)32-27(30)19-6-2-1-3-7-19/h1-4,6-8,10-12,14-16,21H,5,9,13,17-18H2. The van der Waals surface area contributed by atoms with Crippen LogP contribution < -0.4 is 4.74 Å². The Hall–Kier alpha value is -2.89. The van der Waals surface area contributed by atoms with E-state index in [1.165, 1.54) is 5.56 Å². The van der Waals surface area contributed by atoms with E-state index in [0.29, 0.717) is 17.2 Å². The molecule has 0 N–H and O–H groups in total. The van der Waals surface area contributed by atoms with Crippen LogP contribution in [0, 0.1) is 0 Å².